The Kier molecular flexibility index (Phi) is 7.52. The molecule has 7 nitrogen and oxygen atoms in total. The van der Waals surface area contributed by atoms with Crippen molar-refractivity contribution in [2.24, 2.45) is 10.7 Å². The van der Waals surface area contributed by atoms with Crippen LogP contribution in [0.25, 0.3) is 0 Å². The molecule has 0 fully saturated rings. The Bertz CT molecular complexity index is 645. The first kappa shape index (κ1) is 18.9. The minimum atomic E-state index is 0. The first-order chi connectivity index (χ1) is 10.6. The van der Waals surface area contributed by atoms with E-state index < -0.39 is 0 Å². The zero-order valence-corrected chi connectivity index (χ0v) is 15.7. The lowest BCUT2D eigenvalue weighted by Crippen LogP contribution is -2.22. The van der Waals surface area contributed by atoms with Crippen LogP contribution in [0.3, 0.4) is 0 Å². The third-order valence-electron chi connectivity index (χ3n) is 2.87. The molecule has 0 saturated heterocycles. The molecular formula is C15H21IN6O. The van der Waals surface area contributed by atoms with Crippen LogP contribution in [0, 0.1) is 0 Å². The zero-order valence-electron chi connectivity index (χ0n) is 13.4. The van der Waals surface area contributed by atoms with Crippen molar-refractivity contribution in [1.29, 1.82) is 0 Å². The Hall–Kier alpha value is -2.10. The lowest BCUT2D eigenvalue weighted by Gasteiger charge is -2.10. The molecule has 2 aromatic rings. The third-order valence-corrected chi connectivity index (χ3v) is 2.87. The molecule has 0 saturated carbocycles. The van der Waals surface area contributed by atoms with Crippen LogP contribution in [0.1, 0.15) is 5.69 Å². The van der Waals surface area contributed by atoms with Gasteiger partial charge in [0.25, 0.3) is 0 Å². The highest BCUT2D eigenvalue weighted by molar-refractivity contribution is 14.0. The number of hydrogen-bond donors (Lipinski definition) is 2. The molecule has 0 radical (unpaired) electrons. The summed E-state index contributed by atoms with van der Waals surface area (Å²) in [4.78, 5) is 14.7. The molecule has 0 spiro atoms. The van der Waals surface area contributed by atoms with Crippen LogP contribution >= 0.6 is 24.0 Å². The molecule has 124 valence electrons. The predicted octanol–water partition coefficient (Wildman–Crippen LogP) is 2.10. The van der Waals surface area contributed by atoms with Crippen LogP contribution in [0.4, 0.5) is 11.6 Å². The number of benzene rings is 1. The van der Waals surface area contributed by atoms with Crippen molar-refractivity contribution in [2.75, 3.05) is 31.4 Å². The normalized spacial score (nSPS) is 10.7. The molecule has 0 bridgehead atoms. The SMILES string of the molecule is COc1ccc(NC(N)=NCc2ccnc(N(C)C)n2)cc1.I. The minimum absolute atomic E-state index is 0. The second kappa shape index (κ2) is 9.13. The number of anilines is 2. The molecule has 3 N–H and O–H groups in total. The Morgan fingerprint density at radius 2 is 1.96 bits per heavy atom. The number of nitrogens with one attached hydrogen (secondary N) is 1. The fourth-order valence-corrected chi connectivity index (χ4v) is 1.72. The van der Waals surface area contributed by atoms with Gasteiger partial charge in [0, 0.05) is 26.0 Å². The van der Waals surface area contributed by atoms with Crippen LogP contribution in [-0.4, -0.2) is 37.1 Å². The maximum atomic E-state index is 5.88. The molecule has 0 aliphatic rings. The number of guanidine groups is 1. The molecule has 0 aliphatic heterocycles. The molecule has 0 aliphatic carbocycles. The van der Waals surface area contributed by atoms with Gasteiger partial charge in [-0.15, -0.1) is 24.0 Å². The summed E-state index contributed by atoms with van der Waals surface area (Å²) < 4.78 is 5.10. The molecular weight excluding hydrogens is 407 g/mol. The Morgan fingerprint density at radius 1 is 1.26 bits per heavy atom. The van der Waals surface area contributed by atoms with Gasteiger partial charge in [0.05, 0.1) is 19.3 Å². The van der Waals surface area contributed by atoms with Crippen LogP contribution in [0.2, 0.25) is 0 Å². The average Bonchev–Trinajstić information content (AvgIpc) is 2.54. The quantitative estimate of drug-likeness (QED) is 0.431. The highest BCUT2D eigenvalue weighted by atomic mass is 127. The highest BCUT2D eigenvalue weighted by Crippen LogP contribution is 2.14. The maximum absolute atomic E-state index is 5.88. The second-order valence-electron chi connectivity index (χ2n) is 4.80. The van der Waals surface area contributed by atoms with Crippen LogP contribution < -0.4 is 20.7 Å². The van der Waals surface area contributed by atoms with Crippen molar-refractivity contribution in [3.8, 4) is 5.75 Å². The Balaban J connectivity index is 0.00000264. The van der Waals surface area contributed by atoms with E-state index in [-0.39, 0.29) is 24.0 Å². The van der Waals surface area contributed by atoms with Gasteiger partial charge >= 0.3 is 0 Å². The third kappa shape index (κ3) is 5.89. The summed E-state index contributed by atoms with van der Waals surface area (Å²) in [5, 5.41) is 3.02. The number of aliphatic imine (C=N–C) groups is 1. The molecule has 0 amide bonds. The number of nitrogens with two attached hydrogens (primary N) is 1. The van der Waals surface area contributed by atoms with Gasteiger partial charge in [0.1, 0.15) is 5.75 Å². The van der Waals surface area contributed by atoms with Crippen molar-refractivity contribution in [3.63, 3.8) is 0 Å². The lowest BCUT2D eigenvalue weighted by atomic mass is 10.3. The fraction of sp³-hybridized carbons (Fsp3) is 0.267. The van der Waals surface area contributed by atoms with E-state index in [1.165, 1.54) is 0 Å². The van der Waals surface area contributed by atoms with E-state index in [0.717, 1.165) is 17.1 Å². The van der Waals surface area contributed by atoms with Gasteiger partial charge in [0.15, 0.2) is 5.96 Å². The number of aromatic nitrogens is 2. The Morgan fingerprint density at radius 3 is 2.57 bits per heavy atom. The molecule has 8 heteroatoms. The second-order valence-corrected chi connectivity index (χ2v) is 4.80. The van der Waals surface area contributed by atoms with E-state index in [1.807, 2.05) is 49.3 Å². The minimum Gasteiger partial charge on any atom is -0.497 e. The van der Waals surface area contributed by atoms with E-state index in [4.69, 9.17) is 10.5 Å². The van der Waals surface area contributed by atoms with Gasteiger partial charge in [0.2, 0.25) is 5.95 Å². The number of methoxy groups -OCH3 is 1. The monoisotopic (exact) mass is 428 g/mol. The van der Waals surface area contributed by atoms with Crippen molar-refractivity contribution < 1.29 is 4.74 Å². The number of nitrogens with zero attached hydrogens (tertiary/aromatic N) is 4. The molecule has 0 unspecified atom stereocenters. The number of ether oxygens (including phenoxy) is 1. The summed E-state index contributed by atoms with van der Waals surface area (Å²) >= 11 is 0. The number of hydrogen-bond acceptors (Lipinski definition) is 5. The molecule has 0 atom stereocenters. The standard InChI is InChI=1S/C15H20N6O.HI/c1-21(2)15-17-9-8-12(20-15)10-18-14(16)19-11-4-6-13(22-3)7-5-11;/h4-9H,10H2,1-3H3,(H3,16,18,19);1H. The summed E-state index contributed by atoms with van der Waals surface area (Å²) in [6.07, 6.45) is 1.71. The van der Waals surface area contributed by atoms with E-state index in [0.29, 0.717) is 18.5 Å². The molecule has 1 heterocycles. The van der Waals surface area contributed by atoms with Crippen molar-refractivity contribution in [3.05, 3.63) is 42.2 Å². The predicted molar refractivity (Wildman–Crippen MR) is 104 cm³/mol. The van der Waals surface area contributed by atoms with Crippen molar-refractivity contribution in [1.82, 2.24) is 9.97 Å². The van der Waals surface area contributed by atoms with Crippen molar-refractivity contribution >= 4 is 41.6 Å². The summed E-state index contributed by atoms with van der Waals surface area (Å²) in [5.74, 6) is 1.77. The molecule has 1 aromatic carbocycles. The number of halogens is 1. The average molecular weight is 428 g/mol. The van der Waals surface area contributed by atoms with Gasteiger partial charge in [-0.3, -0.25) is 0 Å². The van der Waals surface area contributed by atoms with Crippen LogP contribution in [-0.2, 0) is 6.54 Å². The van der Waals surface area contributed by atoms with E-state index >= 15 is 0 Å². The van der Waals surface area contributed by atoms with Gasteiger partial charge in [-0.1, -0.05) is 0 Å². The van der Waals surface area contributed by atoms with Gasteiger partial charge < -0.3 is 20.7 Å². The lowest BCUT2D eigenvalue weighted by molar-refractivity contribution is 0.415. The summed E-state index contributed by atoms with van der Waals surface area (Å²) in [5.41, 5.74) is 7.53. The summed E-state index contributed by atoms with van der Waals surface area (Å²) in [6, 6.07) is 9.26. The van der Waals surface area contributed by atoms with E-state index in [2.05, 4.69) is 20.3 Å². The highest BCUT2D eigenvalue weighted by Gasteiger charge is 2.01. The first-order valence-electron chi connectivity index (χ1n) is 6.78. The summed E-state index contributed by atoms with van der Waals surface area (Å²) in [6.45, 7) is 0.387. The fourth-order valence-electron chi connectivity index (χ4n) is 1.72. The molecule has 2 rings (SSSR count). The smallest absolute Gasteiger partial charge is 0.225 e. The molecule has 1 aromatic heterocycles. The topological polar surface area (TPSA) is 88.7 Å². The van der Waals surface area contributed by atoms with Crippen molar-refractivity contribution in [2.45, 2.75) is 6.54 Å². The van der Waals surface area contributed by atoms with E-state index in [9.17, 15) is 0 Å². The largest absolute Gasteiger partial charge is 0.497 e. The van der Waals surface area contributed by atoms with Gasteiger partial charge in [-0.2, -0.15) is 0 Å². The van der Waals surface area contributed by atoms with Gasteiger partial charge in [-0.25, -0.2) is 15.0 Å². The van der Waals surface area contributed by atoms with Gasteiger partial charge in [-0.05, 0) is 30.3 Å². The zero-order chi connectivity index (χ0) is 15.9. The van der Waals surface area contributed by atoms with E-state index in [1.54, 1.807) is 13.3 Å². The van der Waals surface area contributed by atoms with Crippen LogP contribution in [0.5, 0.6) is 5.75 Å². The molecule has 23 heavy (non-hydrogen) atoms. The maximum Gasteiger partial charge on any atom is 0.225 e. The summed E-state index contributed by atoms with van der Waals surface area (Å²) in [7, 11) is 5.41. The Labute approximate surface area is 153 Å². The first-order valence-corrected chi connectivity index (χ1v) is 6.78. The number of rotatable bonds is 5. The van der Waals surface area contributed by atoms with Crippen LogP contribution in [0.15, 0.2) is 41.5 Å².